The molecule has 1 aromatic heterocycles. The first-order chi connectivity index (χ1) is 9.27. The fourth-order valence-electron chi connectivity index (χ4n) is 1.75. The molecule has 0 amide bonds. The second kappa shape index (κ2) is 6.14. The van der Waals surface area contributed by atoms with Gasteiger partial charge in [-0.25, -0.2) is 4.98 Å². The van der Waals surface area contributed by atoms with E-state index in [0.29, 0.717) is 11.4 Å². The van der Waals surface area contributed by atoms with E-state index in [1.54, 1.807) is 17.4 Å². The Bertz CT molecular complexity index is 606. The highest BCUT2D eigenvalue weighted by atomic mass is 79.9. The molecule has 1 unspecified atom stereocenters. The second-order valence-electron chi connectivity index (χ2n) is 5.77. The molecule has 108 valence electrons. The predicted octanol–water partition coefficient (Wildman–Crippen LogP) is 5.13. The van der Waals surface area contributed by atoms with Gasteiger partial charge in [0.2, 0.25) is 0 Å². The minimum absolute atomic E-state index is 0.0446. The van der Waals surface area contributed by atoms with Gasteiger partial charge in [-0.1, -0.05) is 38.4 Å². The van der Waals surface area contributed by atoms with Gasteiger partial charge < -0.3 is 5.11 Å². The third-order valence-corrected chi connectivity index (χ3v) is 5.10. The number of rotatable bonds is 3. The molecule has 1 atom stereocenters. The largest absolute Gasteiger partial charge is 0.388 e. The zero-order valence-corrected chi connectivity index (χ0v) is 14.8. The number of halogens is 2. The second-order valence-corrected chi connectivity index (χ2v) is 7.97. The normalized spacial score (nSPS) is 13.5. The summed E-state index contributed by atoms with van der Waals surface area (Å²) in [4.78, 5) is 4.61. The van der Waals surface area contributed by atoms with E-state index in [9.17, 15) is 5.11 Å². The molecule has 1 heterocycles. The molecule has 0 aliphatic carbocycles. The number of aliphatic hydroxyl groups excluding tert-OH is 1. The Balaban J connectivity index is 2.13. The van der Waals surface area contributed by atoms with Gasteiger partial charge in [0.05, 0.1) is 21.8 Å². The summed E-state index contributed by atoms with van der Waals surface area (Å²) < 4.78 is 0.797. The number of hydrogen-bond donors (Lipinski definition) is 1. The molecule has 0 aliphatic rings. The van der Waals surface area contributed by atoms with Crippen molar-refractivity contribution in [2.45, 2.75) is 38.7 Å². The summed E-state index contributed by atoms with van der Waals surface area (Å²) in [6.45, 7) is 6.41. The Morgan fingerprint density at radius 3 is 2.65 bits per heavy atom. The molecule has 0 radical (unpaired) electrons. The lowest BCUT2D eigenvalue weighted by atomic mass is 9.93. The molecule has 0 spiro atoms. The number of thiazole rings is 1. The van der Waals surface area contributed by atoms with Crippen LogP contribution in [0.4, 0.5) is 0 Å². The molecule has 0 aliphatic heterocycles. The van der Waals surface area contributed by atoms with Crippen LogP contribution in [0.5, 0.6) is 0 Å². The number of hydrogen-bond acceptors (Lipinski definition) is 3. The molecule has 20 heavy (non-hydrogen) atoms. The zero-order chi connectivity index (χ0) is 14.9. The molecule has 0 saturated heterocycles. The quantitative estimate of drug-likeness (QED) is 0.807. The van der Waals surface area contributed by atoms with Gasteiger partial charge in [0.15, 0.2) is 0 Å². The minimum atomic E-state index is -0.567. The lowest BCUT2D eigenvalue weighted by Gasteiger charge is -2.14. The molecular weight excluding hydrogens is 358 g/mol. The van der Waals surface area contributed by atoms with Crippen LogP contribution in [0.3, 0.4) is 0 Å². The number of benzene rings is 1. The van der Waals surface area contributed by atoms with Crippen LogP contribution in [0.1, 0.15) is 43.1 Å². The summed E-state index contributed by atoms with van der Waals surface area (Å²) in [6, 6.07) is 5.48. The first-order valence-corrected chi connectivity index (χ1v) is 8.40. The molecule has 0 bridgehead atoms. The molecule has 0 fully saturated rings. The molecular formula is C15H17BrClNOS. The van der Waals surface area contributed by atoms with Gasteiger partial charge in [-0.15, -0.1) is 11.3 Å². The summed E-state index contributed by atoms with van der Waals surface area (Å²) in [7, 11) is 0. The number of aromatic nitrogens is 1. The topological polar surface area (TPSA) is 33.1 Å². The number of aliphatic hydroxyl groups is 1. The lowest BCUT2D eigenvalue weighted by Crippen LogP contribution is -2.12. The van der Waals surface area contributed by atoms with Crippen LogP contribution < -0.4 is 0 Å². The van der Waals surface area contributed by atoms with E-state index in [2.05, 4.69) is 47.1 Å². The fraction of sp³-hybridized carbons (Fsp3) is 0.400. The van der Waals surface area contributed by atoms with E-state index in [1.807, 2.05) is 12.1 Å². The van der Waals surface area contributed by atoms with Crippen molar-refractivity contribution >= 4 is 38.9 Å². The highest BCUT2D eigenvalue weighted by molar-refractivity contribution is 9.10. The third-order valence-electron chi connectivity index (χ3n) is 3.02. The van der Waals surface area contributed by atoms with Gasteiger partial charge in [0.1, 0.15) is 0 Å². The minimum Gasteiger partial charge on any atom is -0.388 e. The summed E-state index contributed by atoms with van der Waals surface area (Å²) >= 11 is 10.9. The highest BCUT2D eigenvalue weighted by Crippen LogP contribution is 2.29. The van der Waals surface area contributed by atoms with Crippen LogP contribution in [0.25, 0.3) is 0 Å². The van der Waals surface area contributed by atoms with Crippen LogP contribution >= 0.6 is 38.9 Å². The van der Waals surface area contributed by atoms with E-state index < -0.39 is 6.10 Å². The molecule has 2 aromatic rings. The van der Waals surface area contributed by atoms with Crippen molar-refractivity contribution in [2.75, 3.05) is 0 Å². The molecule has 1 N–H and O–H groups in total. The van der Waals surface area contributed by atoms with E-state index >= 15 is 0 Å². The standard InChI is InChI=1S/C15H17BrClNOS/c1-15(2,3)13-8-20-14(18-13)7-12(19)9-4-5-11(17)10(16)6-9/h4-6,8,12,19H,7H2,1-3H3. The molecule has 0 saturated carbocycles. The van der Waals surface area contributed by atoms with Crippen molar-refractivity contribution in [2.24, 2.45) is 0 Å². The van der Waals surface area contributed by atoms with Gasteiger partial charge in [-0.05, 0) is 33.6 Å². The van der Waals surface area contributed by atoms with Crippen molar-refractivity contribution in [3.05, 3.63) is 49.3 Å². The van der Waals surface area contributed by atoms with Crippen LogP contribution in [0, 0.1) is 0 Å². The van der Waals surface area contributed by atoms with E-state index in [1.165, 1.54) is 0 Å². The molecule has 2 rings (SSSR count). The lowest BCUT2D eigenvalue weighted by molar-refractivity contribution is 0.178. The zero-order valence-electron chi connectivity index (χ0n) is 11.7. The predicted molar refractivity (Wildman–Crippen MR) is 88.6 cm³/mol. The Labute approximate surface area is 137 Å². The van der Waals surface area contributed by atoms with Crippen LogP contribution in [-0.2, 0) is 11.8 Å². The van der Waals surface area contributed by atoms with Gasteiger partial charge in [0.25, 0.3) is 0 Å². The van der Waals surface area contributed by atoms with E-state index in [0.717, 1.165) is 20.7 Å². The van der Waals surface area contributed by atoms with Crippen molar-refractivity contribution in [3.63, 3.8) is 0 Å². The van der Waals surface area contributed by atoms with Crippen molar-refractivity contribution in [1.82, 2.24) is 4.98 Å². The van der Waals surface area contributed by atoms with Crippen molar-refractivity contribution < 1.29 is 5.11 Å². The Kier molecular flexibility index (Phi) is 4.90. The summed E-state index contributed by atoms with van der Waals surface area (Å²) in [5.74, 6) is 0. The average Bonchev–Trinajstić information content (AvgIpc) is 2.81. The van der Waals surface area contributed by atoms with Gasteiger partial charge >= 0.3 is 0 Å². The monoisotopic (exact) mass is 373 g/mol. The smallest absolute Gasteiger partial charge is 0.0957 e. The fourth-order valence-corrected chi connectivity index (χ4v) is 3.33. The Hall–Kier alpha value is -0.420. The third kappa shape index (κ3) is 3.82. The van der Waals surface area contributed by atoms with Crippen molar-refractivity contribution in [3.8, 4) is 0 Å². The maximum atomic E-state index is 10.3. The Morgan fingerprint density at radius 1 is 1.40 bits per heavy atom. The van der Waals surface area contributed by atoms with Gasteiger partial charge in [-0.3, -0.25) is 0 Å². The van der Waals surface area contributed by atoms with Crippen LogP contribution in [-0.4, -0.2) is 10.1 Å². The van der Waals surface area contributed by atoms with E-state index in [4.69, 9.17) is 11.6 Å². The first-order valence-electron chi connectivity index (χ1n) is 6.35. The maximum absolute atomic E-state index is 10.3. The molecule has 2 nitrogen and oxygen atoms in total. The Morgan fingerprint density at radius 2 is 2.10 bits per heavy atom. The summed E-state index contributed by atoms with van der Waals surface area (Å²) in [5.41, 5.74) is 1.96. The maximum Gasteiger partial charge on any atom is 0.0957 e. The average molecular weight is 375 g/mol. The van der Waals surface area contributed by atoms with Crippen LogP contribution in [0.2, 0.25) is 5.02 Å². The van der Waals surface area contributed by atoms with E-state index in [-0.39, 0.29) is 5.41 Å². The summed E-state index contributed by atoms with van der Waals surface area (Å²) in [5, 5.41) is 14.0. The highest BCUT2D eigenvalue weighted by Gasteiger charge is 2.19. The van der Waals surface area contributed by atoms with Crippen molar-refractivity contribution in [1.29, 1.82) is 0 Å². The SMILES string of the molecule is CC(C)(C)c1csc(CC(O)c2ccc(Cl)c(Br)c2)n1. The van der Waals surface area contributed by atoms with Crippen LogP contribution in [0.15, 0.2) is 28.1 Å². The van der Waals surface area contributed by atoms with Gasteiger partial charge in [0, 0.05) is 21.7 Å². The first kappa shape index (κ1) is 16.0. The number of nitrogens with zero attached hydrogens (tertiary/aromatic N) is 1. The molecule has 5 heteroatoms. The van der Waals surface area contributed by atoms with Gasteiger partial charge in [-0.2, -0.15) is 0 Å². The molecule has 1 aromatic carbocycles. The summed E-state index contributed by atoms with van der Waals surface area (Å²) in [6.07, 6.45) is -0.0445.